The predicted molar refractivity (Wildman–Crippen MR) is 108 cm³/mol. The summed E-state index contributed by atoms with van der Waals surface area (Å²) in [5, 5.41) is 20.9. The minimum absolute atomic E-state index is 0.0185. The van der Waals surface area contributed by atoms with Crippen molar-refractivity contribution in [2.24, 2.45) is 0 Å². The molecule has 2 aromatic heterocycles. The monoisotopic (exact) mass is 390 g/mol. The van der Waals surface area contributed by atoms with Gasteiger partial charge < -0.3 is 24.4 Å². The largest absolute Gasteiger partial charge is 0.504 e. The first-order valence-corrected chi connectivity index (χ1v) is 8.85. The number of hydrogen-bond acceptors (Lipinski definition) is 6. The van der Waals surface area contributed by atoms with Crippen LogP contribution in [-0.2, 0) is 0 Å². The lowest BCUT2D eigenvalue weighted by Gasteiger charge is -2.06. The van der Waals surface area contributed by atoms with Crippen LogP contribution in [0.1, 0.15) is 5.76 Å². The molecular formula is C22H18N2O5. The van der Waals surface area contributed by atoms with Crippen LogP contribution in [0.4, 0.5) is 0 Å². The number of aryl methyl sites for hydroxylation is 1. The molecule has 0 atom stereocenters. The van der Waals surface area contributed by atoms with Gasteiger partial charge in [-0.05, 0) is 19.1 Å². The first kappa shape index (κ1) is 18.4. The van der Waals surface area contributed by atoms with Gasteiger partial charge in [-0.15, -0.1) is 0 Å². The summed E-state index contributed by atoms with van der Waals surface area (Å²) in [6, 6.07) is 15.5. The van der Waals surface area contributed by atoms with Gasteiger partial charge in [-0.1, -0.05) is 36.4 Å². The molecule has 0 aliphatic rings. The van der Waals surface area contributed by atoms with Gasteiger partial charge in [-0.3, -0.25) is 4.79 Å². The van der Waals surface area contributed by atoms with Crippen molar-refractivity contribution in [2.45, 2.75) is 6.92 Å². The highest BCUT2D eigenvalue weighted by molar-refractivity contribution is 5.82. The first-order chi connectivity index (χ1) is 14.0. The Morgan fingerprint density at radius 3 is 2.52 bits per heavy atom. The Morgan fingerprint density at radius 1 is 1.03 bits per heavy atom. The third-order valence-corrected chi connectivity index (χ3v) is 4.50. The molecular weight excluding hydrogens is 372 g/mol. The number of rotatable bonds is 4. The third kappa shape index (κ3) is 3.23. The average Bonchev–Trinajstić information content (AvgIpc) is 3.16. The number of phenols is 1. The maximum Gasteiger partial charge on any atom is 0.227 e. The lowest BCUT2D eigenvalue weighted by atomic mass is 10.1. The van der Waals surface area contributed by atoms with Crippen molar-refractivity contribution >= 4 is 0 Å². The van der Waals surface area contributed by atoms with E-state index >= 15 is 0 Å². The number of nitrogens with zero attached hydrogens (tertiary/aromatic N) is 1. The van der Waals surface area contributed by atoms with Crippen molar-refractivity contribution in [1.82, 2.24) is 9.97 Å². The molecule has 4 aromatic rings. The molecule has 29 heavy (non-hydrogen) atoms. The zero-order chi connectivity index (χ0) is 20.5. The molecule has 0 unspecified atom stereocenters. The third-order valence-electron chi connectivity index (χ3n) is 4.50. The summed E-state index contributed by atoms with van der Waals surface area (Å²) in [4.78, 5) is 19.8. The van der Waals surface area contributed by atoms with Crippen molar-refractivity contribution in [3.05, 3.63) is 70.6 Å². The molecule has 146 valence electrons. The molecule has 0 aliphatic heterocycles. The summed E-state index contributed by atoms with van der Waals surface area (Å²) < 4.78 is 10.8. The number of imidazole rings is 1. The van der Waals surface area contributed by atoms with Gasteiger partial charge in [0.05, 0.1) is 12.7 Å². The van der Waals surface area contributed by atoms with Crippen molar-refractivity contribution in [1.29, 1.82) is 0 Å². The Kier molecular flexibility index (Phi) is 4.56. The van der Waals surface area contributed by atoms with Crippen molar-refractivity contribution < 1.29 is 19.4 Å². The van der Waals surface area contributed by atoms with Crippen LogP contribution in [0.15, 0.2) is 63.8 Å². The van der Waals surface area contributed by atoms with Gasteiger partial charge in [-0.2, -0.15) is 0 Å². The van der Waals surface area contributed by atoms with Crippen LogP contribution >= 0.6 is 0 Å². The average molecular weight is 390 g/mol. The Morgan fingerprint density at radius 2 is 1.79 bits per heavy atom. The number of ether oxygens (including phenoxy) is 1. The maximum absolute atomic E-state index is 12.1. The second-order valence-corrected chi connectivity index (χ2v) is 6.43. The molecule has 4 rings (SSSR count). The Balaban J connectivity index is 2.00. The van der Waals surface area contributed by atoms with Crippen molar-refractivity contribution in [3.8, 4) is 51.3 Å². The minimum Gasteiger partial charge on any atom is -0.504 e. The van der Waals surface area contributed by atoms with E-state index in [1.807, 2.05) is 30.3 Å². The fourth-order valence-corrected chi connectivity index (χ4v) is 3.12. The lowest BCUT2D eigenvalue weighted by molar-refractivity contribution is 0.374. The Bertz CT molecular complexity index is 1240. The van der Waals surface area contributed by atoms with E-state index in [2.05, 4.69) is 9.97 Å². The minimum atomic E-state index is -0.553. The number of hydrogen-bond donors (Lipinski definition) is 3. The fraction of sp³-hybridized carbons (Fsp3) is 0.0909. The van der Waals surface area contributed by atoms with Crippen LogP contribution in [0.3, 0.4) is 0 Å². The Hall–Kier alpha value is -4.00. The van der Waals surface area contributed by atoms with E-state index in [1.165, 1.54) is 13.2 Å². The summed E-state index contributed by atoms with van der Waals surface area (Å²) in [5.74, 6) is 0.366. The highest BCUT2D eigenvalue weighted by Gasteiger charge is 2.23. The SMILES string of the molecule is COc1cccc(-c2nc(-c3ccccc3)c(-c3oc(C)cc(=O)c3O)[nH]2)c1O. The van der Waals surface area contributed by atoms with Crippen LogP contribution in [0.2, 0.25) is 0 Å². The molecule has 7 heteroatoms. The van der Waals surface area contributed by atoms with Crippen LogP contribution < -0.4 is 10.2 Å². The van der Waals surface area contributed by atoms with E-state index in [4.69, 9.17) is 9.15 Å². The van der Waals surface area contributed by atoms with Crippen LogP contribution in [0, 0.1) is 6.92 Å². The molecule has 0 aliphatic carbocycles. The summed E-state index contributed by atoms with van der Waals surface area (Å²) in [6.45, 7) is 1.62. The highest BCUT2D eigenvalue weighted by atomic mass is 16.5. The number of H-pyrrole nitrogens is 1. The number of aromatic hydroxyl groups is 2. The normalized spacial score (nSPS) is 10.8. The topological polar surface area (TPSA) is 109 Å². The van der Waals surface area contributed by atoms with Gasteiger partial charge in [0.2, 0.25) is 11.2 Å². The standard InChI is InChI=1S/C22H18N2O5/c1-12-11-15(25)20(27)21(29-12)18-17(13-7-4-3-5-8-13)23-22(24-18)14-9-6-10-16(28-2)19(14)26/h3-11,26-27H,1-2H3,(H,23,24). The second kappa shape index (κ2) is 7.20. The molecule has 0 fully saturated rings. The molecule has 2 heterocycles. The van der Waals surface area contributed by atoms with Crippen LogP contribution in [-0.4, -0.2) is 27.3 Å². The van der Waals surface area contributed by atoms with Gasteiger partial charge in [0, 0.05) is 11.6 Å². The number of phenolic OH excluding ortho intramolecular Hbond substituents is 1. The van der Waals surface area contributed by atoms with Gasteiger partial charge in [-0.25, -0.2) is 4.98 Å². The number of nitrogens with one attached hydrogen (secondary N) is 1. The van der Waals surface area contributed by atoms with Gasteiger partial charge in [0.1, 0.15) is 23.0 Å². The van der Waals surface area contributed by atoms with E-state index in [9.17, 15) is 15.0 Å². The molecule has 0 radical (unpaired) electrons. The number of benzene rings is 2. The molecule has 0 spiro atoms. The zero-order valence-corrected chi connectivity index (χ0v) is 15.8. The van der Waals surface area contributed by atoms with E-state index in [1.54, 1.807) is 25.1 Å². The molecule has 3 N–H and O–H groups in total. The summed E-state index contributed by atoms with van der Waals surface area (Å²) in [7, 11) is 1.46. The predicted octanol–water partition coefficient (Wildman–Crippen LogP) is 4.09. The summed E-state index contributed by atoms with van der Waals surface area (Å²) in [6.07, 6.45) is 0. The molecule has 7 nitrogen and oxygen atoms in total. The lowest BCUT2D eigenvalue weighted by Crippen LogP contribution is -2.01. The quantitative estimate of drug-likeness (QED) is 0.484. The number of aromatic nitrogens is 2. The number of methoxy groups -OCH3 is 1. The molecule has 0 amide bonds. The second-order valence-electron chi connectivity index (χ2n) is 6.43. The van der Waals surface area contributed by atoms with E-state index in [0.717, 1.165) is 5.56 Å². The van der Waals surface area contributed by atoms with E-state index in [0.29, 0.717) is 34.3 Å². The van der Waals surface area contributed by atoms with Crippen LogP contribution in [0.5, 0.6) is 17.2 Å². The molecule has 0 saturated heterocycles. The van der Waals surface area contributed by atoms with Gasteiger partial charge in [0.15, 0.2) is 17.3 Å². The summed E-state index contributed by atoms with van der Waals surface area (Å²) >= 11 is 0. The van der Waals surface area contributed by atoms with Crippen LogP contribution in [0.25, 0.3) is 34.1 Å². The molecule has 0 saturated carbocycles. The maximum atomic E-state index is 12.1. The first-order valence-electron chi connectivity index (χ1n) is 8.85. The van der Waals surface area contributed by atoms with Crippen molar-refractivity contribution in [2.75, 3.05) is 7.11 Å². The number of aromatic amines is 1. The number of para-hydroxylation sites is 1. The fourth-order valence-electron chi connectivity index (χ4n) is 3.12. The van der Waals surface area contributed by atoms with Crippen molar-refractivity contribution in [3.63, 3.8) is 0 Å². The highest BCUT2D eigenvalue weighted by Crippen LogP contribution is 2.40. The van der Waals surface area contributed by atoms with E-state index < -0.39 is 11.2 Å². The molecule has 0 bridgehead atoms. The van der Waals surface area contributed by atoms with Gasteiger partial charge in [0.25, 0.3) is 0 Å². The molecule has 2 aromatic carbocycles. The summed E-state index contributed by atoms with van der Waals surface area (Å²) in [5.41, 5.74) is 1.39. The Labute approximate surface area is 165 Å². The zero-order valence-electron chi connectivity index (χ0n) is 15.8. The van der Waals surface area contributed by atoms with Gasteiger partial charge >= 0.3 is 0 Å². The van der Waals surface area contributed by atoms with E-state index in [-0.39, 0.29) is 11.5 Å². The smallest absolute Gasteiger partial charge is 0.227 e.